The highest BCUT2D eigenvalue weighted by Gasteiger charge is 1.87. The first-order chi connectivity index (χ1) is 8.50. The van der Waals surface area contributed by atoms with E-state index in [4.69, 9.17) is 23.2 Å². The Labute approximate surface area is 137 Å². The summed E-state index contributed by atoms with van der Waals surface area (Å²) in [6.07, 6.45) is 1.78. The van der Waals surface area contributed by atoms with Crippen molar-refractivity contribution in [3.05, 3.63) is 0 Å². The largest absolute Gasteiger partial charge is 0.287 e. The van der Waals surface area contributed by atoms with Crippen molar-refractivity contribution < 1.29 is 19.2 Å². The van der Waals surface area contributed by atoms with Crippen molar-refractivity contribution >= 4 is 71.2 Å². The van der Waals surface area contributed by atoms with Crippen LogP contribution in [-0.4, -0.2) is 20.4 Å². The fourth-order valence-corrected chi connectivity index (χ4v) is 0.386. The van der Waals surface area contributed by atoms with Gasteiger partial charge in [-0.3, -0.25) is 19.2 Å². The van der Waals surface area contributed by atoms with Crippen LogP contribution in [0.3, 0.4) is 0 Å². The molecule has 0 unspecified atom stereocenters. The first kappa shape index (κ1) is 27.4. The Kier molecular flexibility index (Phi) is 33.4. The molecule has 19 heavy (non-hydrogen) atoms. The van der Waals surface area contributed by atoms with Crippen LogP contribution in [0.25, 0.3) is 0 Å². The Bertz CT molecular complexity index is 251. The van der Waals surface area contributed by atoms with Crippen molar-refractivity contribution in [3.8, 4) is 0 Å². The molecule has 0 aliphatic rings. The lowest BCUT2D eigenvalue weighted by atomic mass is 10.4. The minimum Gasteiger partial charge on any atom is -0.287 e. The molecule has 0 saturated heterocycles. The van der Waals surface area contributed by atoms with Gasteiger partial charge in [-0.25, -0.2) is 0 Å². The van der Waals surface area contributed by atoms with E-state index in [9.17, 15) is 19.2 Å². The molecule has 0 spiro atoms. The van der Waals surface area contributed by atoms with Gasteiger partial charge in [-0.1, -0.05) is 13.8 Å². The number of carbonyl (C=O) groups is 4. The molecule has 0 aliphatic carbocycles. The highest BCUT2D eigenvalue weighted by Crippen LogP contribution is 1.90. The highest BCUT2D eigenvalue weighted by atomic mass is 79.9. The molecule has 8 heteroatoms. The molecule has 0 aliphatic heterocycles. The second-order valence-electron chi connectivity index (χ2n) is 2.75. The third-order valence-corrected chi connectivity index (χ3v) is 1.18. The number of hydrogen-bond acceptors (Lipinski definition) is 4. The maximum absolute atomic E-state index is 9.81. The molecule has 0 N–H and O–H groups in total. The summed E-state index contributed by atoms with van der Waals surface area (Å²) in [6, 6.07) is 0. The van der Waals surface area contributed by atoms with Gasteiger partial charge in [0.05, 0.1) is 0 Å². The summed E-state index contributed by atoms with van der Waals surface area (Å²) in [7, 11) is 0. The van der Waals surface area contributed by atoms with E-state index in [-0.39, 0.29) is 20.4 Å². The number of rotatable bonds is 3. The molecular weight excluding hydrogens is 382 g/mol. The zero-order valence-electron chi connectivity index (χ0n) is 11.3. The molecule has 0 heterocycles. The van der Waals surface area contributed by atoms with Crippen molar-refractivity contribution in [2.75, 3.05) is 0 Å². The summed E-state index contributed by atoms with van der Waals surface area (Å²) >= 11 is 17.0. The van der Waals surface area contributed by atoms with Crippen molar-refractivity contribution in [2.45, 2.75) is 47.0 Å². The summed E-state index contributed by atoms with van der Waals surface area (Å²) in [5.74, 6) is 0. The topological polar surface area (TPSA) is 68.3 Å². The molecule has 0 radical (unpaired) electrons. The standard InChI is InChI=1S/C4H7ClO.C3H5ClO.C2H3BrO.C2H3ClO/c1-2-3-4(5)6;1-2-3(4)5;2*1-2(3)4/h2-3H2,1H3;2H2,1H3;2*1H3. The molecule has 0 bridgehead atoms. The Morgan fingerprint density at radius 3 is 1.11 bits per heavy atom. The molecule has 0 aromatic carbocycles. The number of carbonyl (C=O) groups excluding carboxylic acids is 4. The summed E-state index contributed by atoms with van der Waals surface area (Å²) in [5, 5.41) is -0.873. The van der Waals surface area contributed by atoms with Gasteiger partial charge < -0.3 is 0 Å². The Balaban J connectivity index is -0.0000000803. The van der Waals surface area contributed by atoms with E-state index < -0.39 is 0 Å². The summed E-state index contributed by atoms with van der Waals surface area (Å²) in [4.78, 5) is 38.0. The van der Waals surface area contributed by atoms with Crippen LogP contribution in [0.2, 0.25) is 0 Å². The normalized spacial score (nSPS) is 7.37. The molecule has 0 atom stereocenters. The molecular formula is C11H18BrCl3O4. The van der Waals surface area contributed by atoms with E-state index in [0.717, 1.165) is 6.42 Å². The van der Waals surface area contributed by atoms with Crippen molar-refractivity contribution in [2.24, 2.45) is 0 Å². The molecule has 0 fully saturated rings. The van der Waals surface area contributed by atoms with Crippen LogP contribution >= 0.6 is 50.7 Å². The fraction of sp³-hybridized carbons (Fsp3) is 0.636. The van der Waals surface area contributed by atoms with Crippen LogP contribution in [-0.2, 0) is 19.2 Å². The maximum atomic E-state index is 9.81. The van der Waals surface area contributed by atoms with E-state index in [1.807, 2.05) is 6.92 Å². The molecule has 0 aromatic rings. The predicted octanol–water partition coefficient (Wildman–Crippen LogP) is 4.41. The van der Waals surface area contributed by atoms with Gasteiger partial charge >= 0.3 is 0 Å². The minimum atomic E-state index is -0.361. The summed E-state index contributed by atoms with van der Waals surface area (Å²) in [5.41, 5.74) is 0. The van der Waals surface area contributed by atoms with E-state index in [0.29, 0.717) is 12.8 Å². The van der Waals surface area contributed by atoms with Gasteiger partial charge in [-0.05, 0) is 57.2 Å². The van der Waals surface area contributed by atoms with Gasteiger partial charge in [0.1, 0.15) is 0 Å². The quantitative estimate of drug-likeness (QED) is 0.658. The zero-order valence-corrected chi connectivity index (χ0v) is 15.1. The predicted molar refractivity (Wildman–Crippen MR) is 83.1 cm³/mol. The molecule has 0 aromatic heterocycles. The minimum absolute atomic E-state index is 0.0208. The van der Waals surface area contributed by atoms with Gasteiger partial charge in [0.15, 0.2) is 4.69 Å². The lowest BCUT2D eigenvalue weighted by Gasteiger charge is -1.77. The molecule has 0 saturated carbocycles. The lowest BCUT2D eigenvalue weighted by Crippen LogP contribution is -1.79. The molecule has 0 rings (SSSR count). The maximum Gasteiger partial charge on any atom is 0.221 e. The Morgan fingerprint density at radius 2 is 1.11 bits per heavy atom. The van der Waals surface area contributed by atoms with Crippen LogP contribution in [0.5, 0.6) is 0 Å². The van der Waals surface area contributed by atoms with E-state index in [1.165, 1.54) is 13.8 Å². The Morgan fingerprint density at radius 1 is 0.895 bits per heavy atom. The fourth-order valence-electron chi connectivity index (χ4n) is 0.197. The van der Waals surface area contributed by atoms with Crippen LogP contribution in [0.4, 0.5) is 0 Å². The van der Waals surface area contributed by atoms with Gasteiger partial charge in [0.25, 0.3) is 0 Å². The van der Waals surface area contributed by atoms with E-state index in [2.05, 4.69) is 27.5 Å². The Hall–Kier alpha value is 0.0300. The first-order valence-corrected chi connectivity index (χ1v) is 7.12. The van der Waals surface area contributed by atoms with Crippen LogP contribution < -0.4 is 0 Å². The van der Waals surface area contributed by atoms with Crippen LogP contribution in [0.1, 0.15) is 47.0 Å². The van der Waals surface area contributed by atoms with Gasteiger partial charge in [0, 0.05) is 26.7 Å². The van der Waals surface area contributed by atoms with E-state index >= 15 is 0 Å². The number of hydrogen-bond donors (Lipinski definition) is 0. The molecule has 0 amide bonds. The average molecular weight is 401 g/mol. The van der Waals surface area contributed by atoms with Gasteiger partial charge in [0.2, 0.25) is 15.7 Å². The second kappa shape index (κ2) is 23.1. The summed E-state index contributed by atoms with van der Waals surface area (Å²) in [6.45, 7) is 6.37. The van der Waals surface area contributed by atoms with Gasteiger partial charge in [-0.15, -0.1) is 0 Å². The monoisotopic (exact) mass is 398 g/mol. The smallest absolute Gasteiger partial charge is 0.221 e. The molecule has 114 valence electrons. The number of halogens is 4. The second-order valence-corrected chi connectivity index (χ2v) is 5.25. The average Bonchev–Trinajstić information content (AvgIpc) is 2.16. The van der Waals surface area contributed by atoms with Crippen molar-refractivity contribution in [1.29, 1.82) is 0 Å². The van der Waals surface area contributed by atoms with Crippen molar-refractivity contribution in [1.82, 2.24) is 0 Å². The first-order valence-electron chi connectivity index (χ1n) is 5.19. The SMILES string of the molecule is CC(=O)Br.CC(=O)Cl.CCC(=O)Cl.CCCC(=O)Cl. The van der Waals surface area contributed by atoms with Crippen LogP contribution in [0.15, 0.2) is 0 Å². The zero-order chi connectivity index (χ0) is 16.4. The summed E-state index contributed by atoms with van der Waals surface area (Å²) < 4.78 is -0.0208. The highest BCUT2D eigenvalue weighted by molar-refractivity contribution is 9.18. The molecule has 4 nitrogen and oxygen atoms in total. The van der Waals surface area contributed by atoms with Crippen LogP contribution in [0, 0.1) is 0 Å². The third-order valence-electron chi connectivity index (χ3n) is 0.725. The van der Waals surface area contributed by atoms with Crippen molar-refractivity contribution in [3.63, 3.8) is 0 Å². The lowest BCUT2D eigenvalue weighted by molar-refractivity contribution is -0.112. The van der Waals surface area contributed by atoms with E-state index in [1.54, 1.807) is 6.92 Å². The third kappa shape index (κ3) is 183. The van der Waals surface area contributed by atoms with Gasteiger partial charge in [-0.2, -0.15) is 0 Å².